The van der Waals surface area contributed by atoms with E-state index < -0.39 is 12.0 Å². The maximum absolute atomic E-state index is 12.6. The molecule has 138 valence electrons. The number of rotatable bonds is 4. The van der Waals surface area contributed by atoms with E-state index in [1.807, 2.05) is 0 Å². The van der Waals surface area contributed by atoms with Gasteiger partial charge in [0.05, 0.1) is 0 Å². The molecule has 0 spiro atoms. The predicted octanol–water partition coefficient (Wildman–Crippen LogP) is 3.06. The fraction of sp³-hybridized carbons (Fsp3) is 0.353. The summed E-state index contributed by atoms with van der Waals surface area (Å²) in [6.07, 6.45) is 1.24. The summed E-state index contributed by atoms with van der Waals surface area (Å²) in [4.78, 5) is 35.0. The van der Waals surface area contributed by atoms with Gasteiger partial charge in [0.2, 0.25) is 11.7 Å². The monoisotopic (exact) mass is 423 g/mol. The molecule has 26 heavy (non-hydrogen) atoms. The van der Waals surface area contributed by atoms with Crippen LogP contribution in [0.3, 0.4) is 0 Å². The van der Waals surface area contributed by atoms with E-state index in [0.717, 1.165) is 4.47 Å². The van der Waals surface area contributed by atoms with Gasteiger partial charge in [0.1, 0.15) is 11.3 Å². The number of carboxylic acid groups (broad SMARTS) is 1. The number of carbonyl (C=O) groups is 3. The maximum Gasteiger partial charge on any atom is 0.404 e. The van der Waals surface area contributed by atoms with Crippen LogP contribution < -0.4 is 16.4 Å². The lowest BCUT2D eigenvalue weighted by Crippen LogP contribution is -2.38. The molecule has 1 aromatic carbocycles. The molecular weight excluding hydrogens is 406 g/mol. The third-order valence-corrected chi connectivity index (χ3v) is 5.04. The first kappa shape index (κ1) is 18.2. The van der Waals surface area contributed by atoms with E-state index in [0.29, 0.717) is 36.7 Å². The topological polar surface area (TPSA) is 135 Å². The Bertz CT molecular complexity index is 871. The first-order chi connectivity index (χ1) is 12.3. The Kier molecular flexibility index (Phi) is 5.17. The van der Waals surface area contributed by atoms with Crippen LogP contribution in [-0.4, -0.2) is 29.1 Å². The van der Waals surface area contributed by atoms with Gasteiger partial charge in [0, 0.05) is 21.8 Å². The number of primary amides is 1. The first-order valence-electron chi connectivity index (χ1n) is 8.17. The lowest BCUT2D eigenvalue weighted by molar-refractivity contribution is -0.120. The molecule has 1 saturated carbocycles. The quantitative estimate of drug-likeness (QED) is 0.599. The number of anilines is 1. The molecule has 1 aromatic heterocycles. The van der Waals surface area contributed by atoms with Crippen molar-refractivity contribution in [2.75, 3.05) is 5.32 Å². The molecule has 0 bridgehead atoms. The molecule has 9 heteroatoms. The van der Waals surface area contributed by atoms with Crippen LogP contribution in [0.25, 0.3) is 11.0 Å². The third kappa shape index (κ3) is 3.82. The zero-order valence-corrected chi connectivity index (χ0v) is 15.3. The van der Waals surface area contributed by atoms with Crippen LogP contribution in [0.5, 0.6) is 0 Å². The Morgan fingerprint density at radius 2 is 1.88 bits per heavy atom. The smallest absolute Gasteiger partial charge is 0.404 e. The second-order valence-corrected chi connectivity index (χ2v) is 7.21. The van der Waals surface area contributed by atoms with Crippen LogP contribution in [0.15, 0.2) is 27.1 Å². The average Bonchev–Trinajstić information content (AvgIpc) is 2.93. The number of amides is 3. The zero-order chi connectivity index (χ0) is 18.8. The second kappa shape index (κ2) is 7.36. The number of nitrogens with two attached hydrogens (primary N) is 1. The first-order valence-corrected chi connectivity index (χ1v) is 8.96. The van der Waals surface area contributed by atoms with Crippen molar-refractivity contribution < 1.29 is 23.9 Å². The molecule has 1 aliphatic rings. The van der Waals surface area contributed by atoms with Crippen LogP contribution in [0.2, 0.25) is 0 Å². The van der Waals surface area contributed by atoms with Gasteiger partial charge in [-0.05, 0) is 43.9 Å². The lowest BCUT2D eigenvalue weighted by Gasteiger charge is -2.27. The van der Waals surface area contributed by atoms with Crippen molar-refractivity contribution in [3.8, 4) is 0 Å². The number of carbonyl (C=O) groups excluding carboxylic acids is 2. The number of hydrogen-bond donors (Lipinski definition) is 4. The highest BCUT2D eigenvalue weighted by Gasteiger charge is 2.29. The normalized spacial score (nSPS) is 19.9. The Hall–Kier alpha value is -2.55. The highest BCUT2D eigenvalue weighted by molar-refractivity contribution is 9.10. The summed E-state index contributed by atoms with van der Waals surface area (Å²) in [5.74, 6) is -1.35. The number of benzene rings is 1. The van der Waals surface area contributed by atoms with Crippen LogP contribution in [0, 0.1) is 5.92 Å². The molecule has 1 heterocycles. The number of halogens is 1. The van der Waals surface area contributed by atoms with Crippen LogP contribution in [-0.2, 0) is 4.79 Å². The van der Waals surface area contributed by atoms with Gasteiger partial charge in [-0.25, -0.2) is 4.79 Å². The molecule has 0 radical (unpaired) electrons. The summed E-state index contributed by atoms with van der Waals surface area (Å²) in [6, 6.07) is 5.06. The average molecular weight is 424 g/mol. The van der Waals surface area contributed by atoms with Crippen molar-refractivity contribution in [3.63, 3.8) is 0 Å². The van der Waals surface area contributed by atoms with E-state index in [1.54, 1.807) is 18.2 Å². The number of furan rings is 1. The van der Waals surface area contributed by atoms with E-state index >= 15 is 0 Å². The van der Waals surface area contributed by atoms with Crippen LogP contribution in [0.4, 0.5) is 10.5 Å². The van der Waals surface area contributed by atoms with Crippen molar-refractivity contribution in [2.24, 2.45) is 11.7 Å². The molecule has 1 fully saturated rings. The van der Waals surface area contributed by atoms with Crippen molar-refractivity contribution in [1.82, 2.24) is 5.32 Å². The lowest BCUT2D eigenvalue weighted by atomic mass is 9.85. The molecule has 0 atom stereocenters. The molecular formula is C17H18BrN3O5. The minimum Gasteiger partial charge on any atom is -0.465 e. The van der Waals surface area contributed by atoms with Crippen molar-refractivity contribution >= 4 is 50.5 Å². The van der Waals surface area contributed by atoms with E-state index in [-0.39, 0.29) is 29.3 Å². The Morgan fingerprint density at radius 3 is 2.50 bits per heavy atom. The van der Waals surface area contributed by atoms with Gasteiger partial charge in [-0.15, -0.1) is 0 Å². The summed E-state index contributed by atoms with van der Waals surface area (Å²) in [7, 11) is 0. The van der Waals surface area contributed by atoms with Crippen molar-refractivity contribution in [3.05, 3.63) is 28.4 Å². The minimum absolute atomic E-state index is 0.0901. The Morgan fingerprint density at radius 1 is 1.19 bits per heavy atom. The standard InChI is InChI=1S/C17H18BrN3O5/c18-9-3-6-12-11(7-9)13(14(26-12)15(19)22)21-16(23)8-1-4-10(5-2-8)20-17(24)25/h3,6-8,10,20H,1-2,4-5H2,(H2,19,22)(H,21,23)(H,24,25). The summed E-state index contributed by atoms with van der Waals surface area (Å²) in [5, 5.41) is 14.6. The zero-order valence-electron chi connectivity index (χ0n) is 13.8. The van der Waals surface area contributed by atoms with Crippen LogP contribution in [0.1, 0.15) is 36.2 Å². The number of nitrogens with one attached hydrogen (secondary N) is 2. The molecule has 1 aliphatic carbocycles. The highest BCUT2D eigenvalue weighted by atomic mass is 79.9. The minimum atomic E-state index is -1.06. The highest BCUT2D eigenvalue weighted by Crippen LogP contribution is 2.34. The molecule has 0 aliphatic heterocycles. The fourth-order valence-electron chi connectivity index (χ4n) is 3.27. The largest absolute Gasteiger partial charge is 0.465 e. The number of hydrogen-bond acceptors (Lipinski definition) is 4. The third-order valence-electron chi connectivity index (χ3n) is 4.55. The van der Waals surface area contributed by atoms with Gasteiger partial charge < -0.3 is 25.9 Å². The fourth-order valence-corrected chi connectivity index (χ4v) is 3.63. The van der Waals surface area contributed by atoms with Gasteiger partial charge in [0.15, 0.2) is 0 Å². The van der Waals surface area contributed by atoms with Gasteiger partial charge in [0.25, 0.3) is 5.91 Å². The molecule has 8 nitrogen and oxygen atoms in total. The van der Waals surface area contributed by atoms with Crippen LogP contribution >= 0.6 is 15.9 Å². The molecule has 0 saturated heterocycles. The van der Waals surface area contributed by atoms with Gasteiger partial charge in [-0.1, -0.05) is 15.9 Å². The molecule has 3 amide bonds. The Labute approximate surface area is 157 Å². The molecule has 0 unspecified atom stereocenters. The predicted molar refractivity (Wildman–Crippen MR) is 98.0 cm³/mol. The molecule has 2 aromatic rings. The van der Waals surface area contributed by atoms with Crippen molar-refractivity contribution in [1.29, 1.82) is 0 Å². The summed E-state index contributed by atoms with van der Waals surface area (Å²) in [5.41, 5.74) is 6.09. The summed E-state index contributed by atoms with van der Waals surface area (Å²) < 4.78 is 6.25. The van der Waals surface area contributed by atoms with E-state index in [4.69, 9.17) is 15.3 Å². The molecule has 5 N–H and O–H groups in total. The van der Waals surface area contributed by atoms with E-state index in [1.165, 1.54) is 0 Å². The SMILES string of the molecule is NC(=O)c1oc2ccc(Br)cc2c1NC(=O)C1CCC(NC(=O)O)CC1. The Balaban J connectivity index is 1.77. The van der Waals surface area contributed by atoms with Gasteiger partial charge in [-0.2, -0.15) is 0 Å². The van der Waals surface area contributed by atoms with Gasteiger partial charge >= 0.3 is 6.09 Å². The summed E-state index contributed by atoms with van der Waals surface area (Å²) in [6.45, 7) is 0. The summed E-state index contributed by atoms with van der Waals surface area (Å²) >= 11 is 3.36. The van der Waals surface area contributed by atoms with Gasteiger partial charge in [-0.3, -0.25) is 9.59 Å². The maximum atomic E-state index is 12.6. The van der Waals surface area contributed by atoms with E-state index in [9.17, 15) is 14.4 Å². The van der Waals surface area contributed by atoms with E-state index in [2.05, 4.69) is 26.6 Å². The second-order valence-electron chi connectivity index (χ2n) is 6.30. The molecule has 3 rings (SSSR count). The van der Waals surface area contributed by atoms with Crippen molar-refractivity contribution in [2.45, 2.75) is 31.7 Å². The number of fused-ring (bicyclic) bond motifs is 1.